The highest BCUT2D eigenvalue weighted by Crippen LogP contribution is 2.18. The Kier molecular flexibility index (Phi) is 6.39. The van der Waals surface area contributed by atoms with Gasteiger partial charge in [-0.25, -0.2) is 4.79 Å². The Labute approximate surface area is 167 Å². The molecular formula is C22H30N4O2. The molecular weight excluding hydrogens is 352 g/mol. The van der Waals surface area contributed by atoms with E-state index >= 15 is 0 Å². The third-order valence-electron chi connectivity index (χ3n) is 4.63. The van der Waals surface area contributed by atoms with Crippen LogP contribution >= 0.6 is 0 Å². The molecule has 0 spiro atoms. The standard InChI is InChI=1S/C22H30N4O2/c1-22(2,3)28-21(27)26-17-15-25(16-18-26)19-7-5-4-6-13-24(14-10-19)20-8-11-23-12-9-20/h5-13H,4,14-18H2,1-3H3. The lowest BCUT2D eigenvalue weighted by atomic mass is 10.2. The van der Waals surface area contributed by atoms with Gasteiger partial charge in [0, 0.05) is 62.7 Å². The topological polar surface area (TPSA) is 48.9 Å². The number of carbonyl (C=O) groups is 1. The number of hydrogen-bond donors (Lipinski definition) is 0. The van der Waals surface area contributed by atoms with Gasteiger partial charge in [0.1, 0.15) is 5.60 Å². The van der Waals surface area contributed by atoms with Crippen molar-refractivity contribution in [3.05, 3.63) is 60.7 Å². The maximum atomic E-state index is 12.3. The molecule has 0 radical (unpaired) electrons. The molecule has 0 N–H and O–H groups in total. The van der Waals surface area contributed by atoms with Crippen LogP contribution in [0.4, 0.5) is 10.5 Å². The average molecular weight is 383 g/mol. The first kappa shape index (κ1) is 20.0. The Balaban J connectivity index is 1.63. The molecule has 0 aliphatic carbocycles. The zero-order chi connectivity index (χ0) is 20.0. The van der Waals surface area contributed by atoms with Gasteiger partial charge in [-0.2, -0.15) is 0 Å². The normalized spacial score (nSPS) is 18.2. The molecule has 0 atom stereocenters. The molecule has 0 bridgehead atoms. The molecule has 1 fully saturated rings. The van der Waals surface area contributed by atoms with Crippen molar-refractivity contribution in [2.24, 2.45) is 0 Å². The van der Waals surface area contributed by atoms with Gasteiger partial charge in [-0.15, -0.1) is 0 Å². The second-order valence-electron chi connectivity index (χ2n) is 7.96. The molecule has 3 rings (SSSR count). The van der Waals surface area contributed by atoms with Crippen LogP contribution in [0.1, 0.15) is 27.2 Å². The molecule has 150 valence electrons. The van der Waals surface area contributed by atoms with E-state index in [2.05, 4.69) is 45.3 Å². The van der Waals surface area contributed by atoms with Gasteiger partial charge in [0.2, 0.25) is 0 Å². The monoisotopic (exact) mass is 382 g/mol. The van der Waals surface area contributed by atoms with Crippen LogP contribution in [0, 0.1) is 0 Å². The average Bonchev–Trinajstić information content (AvgIpc) is 2.80. The Morgan fingerprint density at radius 1 is 1.07 bits per heavy atom. The number of allylic oxidation sites excluding steroid dienone is 3. The zero-order valence-electron chi connectivity index (χ0n) is 17.0. The Morgan fingerprint density at radius 2 is 1.79 bits per heavy atom. The molecule has 1 amide bonds. The first-order valence-electron chi connectivity index (χ1n) is 9.85. The number of amides is 1. The predicted molar refractivity (Wildman–Crippen MR) is 112 cm³/mol. The van der Waals surface area contributed by atoms with E-state index in [-0.39, 0.29) is 6.09 Å². The third-order valence-corrected chi connectivity index (χ3v) is 4.63. The summed E-state index contributed by atoms with van der Waals surface area (Å²) in [4.78, 5) is 22.7. The van der Waals surface area contributed by atoms with Gasteiger partial charge in [-0.3, -0.25) is 4.98 Å². The minimum atomic E-state index is -0.458. The Bertz CT molecular complexity index is 742. The van der Waals surface area contributed by atoms with Gasteiger partial charge in [-0.1, -0.05) is 12.2 Å². The highest BCUT2D eigenvalue weighted by molar-refractivity contribution is 5.68. The SMILES string of the molecule is CC(C)(C)OC(=O)N1CCN(C2=CCN(c3ccncc3)C=CCC=C2)CC1. The van der Waals surface area contributed by atoms with Crippen LogP contribution in [0.15, 0.2) is 60.7 Å². The second kappa shape index (κ2) is 8.95. The lowest BCUT2D eigenvalue weighted by Crippen LogP contribution is -2.49. The molecule has 6 heteroatoms. The van der Waals surface area contributed by atoms with Crippen molar-refractivity contribution in [2.75, 3.05) is 37.6 Å². The van der Waals surface area contributed by atoms with Gasteiger partial charge in [0.25, 0.3) is 0 Å². The van der Waals surface area contributed by atoms with Crippen molar-refractivity contribution in [1.29, 1.82) is 0 Å². The summed E-state index contributed by atoms with van der Waals surface area (Å²) in [6.07, 6.45) is 15.2. The summed E-state index contributed by atoms with van der Waals surface area (Å²) in [6, 6.07) is 4.03. The fourth-order valence-corrected chi connectivity index (χ4v) is 3.21. The Hall–Kier alpha value is -2.76. The second-order valence-corrected chi connectivity index (χ2v) is 7.96. The van der Waals surface area contributed by atoms with Gasteiger partial charge >= 0.3 is 6.09 Å². The number of rotatable bonds is 2. The quantitative estimate of drug-likeness (QED) is 0.779. The lowest BCUT2D eigenvalue weighted by Gasteiger charge is -2.37. The predicted octanol–water partition coefficient (Wildman–Crippen LogP) is 3.80. The van der Waals surface area contributed by atoms with Crippen molar-refractivity contribution in [1.82, 2.24) is 14.8 Å². The molecule has 2 aliphatic heterocycles. The van der Waals surface area contributed by atoms with Gasteiger partial charge in [0.05, 0.1) is 0 Å². The molecule has 28 heavy (non-hydrogen) atoms. The van der Waals surface area contributed by atoms with Crippen LogP contribution in [0.5, 0.6) is 0 Å². The number of anilines is 1. The molecule has 1 aromatic heterocycles. The van der Waals surface area contributed by atoms with Crippen LogP contribution in [-0.4, -0.2) is 59.2 Å². The molecule has 0 aromatic carbocycles. The number of nitrogens with zero attached hydrogens (tertiary/aromatic N) is 4. The molecule has 6 nitrogen and oxygen atoms in total. The summed E-state index contributed by atoms with van der Waals surface area (Å²) < 4.78 is 5.49. The maximum Gasteiger partial charge on any atom is 0.410 e. The van der Waals surface area contributed by atoms with E-state index in [4.69, 9.17) is 4.74 Å². The first-order chi connectivity index (χ1) is 13.4. The minimum absolute atomic E-state index is 0.223. The maximum absolute atomic E-state index is 12.3. The number of piperazine rings is 1. The molecule has 3 heterocycles. The number of carbonyl (C=O) groups excluding carboxylic acids is 1. The molecule has 0 saturated carbocycles. The van der Waals surface area contributed by atoms with E-state index in [0.29, 0.717) is 13.1 Å². The lowest BCUT2D eigenvalue weighted by molar-refractivity contribution is 0.0171. The third kappa shape index (κ3) is 5.62. The highest BCUT2D eigenvalue weighted by Gasteiger charge is 2.26. The van der Waals surface area contributed by atoms with Crippen LogP contribution in [0.2, 0.25) is 0 Å². The van der Waals surface area contributed by atoms with Crippen LogP contribution in [0.25, 0.3) is 0 Å². The minimum Gasteiger partial charge on any atom is -0.444 e. The number of hydrogen-bond acceptors (Lipinski definition) is 5. The van der Waals surface area contributed by atoms with Gasteiger partial charge in [-0.05, 0) is 51.5 Å². The summed E-state index contributed by atoms with van der Waals surface area (Å²) in [7, 11) is 0. The van der Waals surface area contributed by atoms with Gasteiger partial charge < -0.3 is 19.4 Å². The van der Waals surface area contributed by atoms with E-state index in [1.807, 2.05) is 45.3 Å². The van der Waals surface area contributed by atoms with E-state index in [1.165, 1.54) is 5.70 Å². The summed E-state index contributed by atoms with van der Waals surface area (Å²) in [5, 5.41) is 0. The number of pyridine rings is 1. The van der Waals surface area contributed by atoms with Crippen molar-refractivity contribution in [2.45, 2.75) is 32.8 Å². The van der Waals surface area contributed by atoms with E-state index in [0.717, 1.165) is 31.7 Å². The largest absolute Gasteiger partial charge is 0.444 e. The van der Waals surface area contributed by atoms with Crippen molar-refractivity contribution in [3.8, 4) is 0 Å². The van der Waals surface area contributed by atoms with Crippen molar-refractivity contribution >= 4 is 11.8 Å². The molecule has 0 unspecified atom stereocenters. The van der Waals surface area contributed by atoms with Gasteiger partial charge in [0.15, 0.2) is 0 Å². The van der Waals surface area contributed by atoms with E-state index < -0.39 is 5.60 Å². The first-order valence-corrected chi connectivity index (χ1v) is 9.85. The van der Waals surface area contributed by atoms with Crippen LogP contribution < -0.4 is 4.90 Å². The van der Waals surface area contributed by atoms with Crippen LogP contribution in [0.3, 0.4) is 0 Å². The fourth-order valence-electron chi connectivity index (χ4n) is 3.21. The molecule has 1 saturated heterocycles. The summed E-state index contributed by atoms with van der Waals surface area (Å²) in [5.41, 5.74) is 1.87. The fraction of sp³-hybridized carbons (Fsp3) is 0.455. The summed E-state index contributed by atoms with van der Waals surface area (Å²) >= 11 is 0. The highest BCUT2D eigenvalue weighted by atomic mass is 16.6. The molecule has 1 aromatic rings. The van der Waals surface area contributed by atoms with E-state index in [1.54, 1.807) is 4.90 Å². The number of ether oxygens (including phenoxy) is 1. The summed E-state index contributed by atoms with van der Waals surface area (Å²) in [5.74, 6) is 0. The van der Waals surface area contributed by atoms with Crippen molar-refractivity contribution < 1.29 is 9.53 Å². The zero-order valence-corrected chi connectivity index (χ0v) is 17.0. The summed E-state index contributed by atoms with van der Waals surface area (Å²) in [6.45, 7) is 9.44. The molecule has 2 aliphatic rings. The number of aromatic nitrogens is 1. The van der Waals surface area contributed by atoms with Crippen molar-refractivity contribution in [3.63, 3.8) is 0 Å². The van der Waals surface area contributed by atoms with Crippen LogP contribution in [-0.2, 0) is 4.74 Å². The van der Waals surface area contributed by atoms with E-state index in [9.17, 15) is 4.79 Å². The Morgan fingerprint density at radius 3 is 2.46 bits per heavy atom. The smallest absolute Gasteiger partial charge is 0.410 e.